The van der Waals surface area contributed by atoms with Crippen LogP contribution < -0.4 is 5.43 Å². The minimum atomic E-state index is -0.695. The Balaban J connectivity index is 1.94. The van der Waals surface area contributed by atoms with E-state index in [1.54, 1.807) is 13.0 Å². The molecule has 11 heteroatoms. The molecule has 1 amide bonds. The summed E-state index contributed by atoms with van der Waals surface area (Å²) in [4.78, 5) is 24.9. The lowest BCUT2D eigenvalue weighted by molar-refractivity contribution is -0.394. The summed E-state index contributed by atoms with van der Waals surface area (Å²) >= 11 is 3.08. The Hall–Kier alpha value is -2.56. The van der Waals surface area contributed by atoms with Crippen LogP contribution in [0.15, 0.2) is 32.6 Å². The van der Waals surface area contributed by atoms with Gasteiger partial charge in [-0.25, -0.2) is 5.43 Å². The summed E-state index contributed by atoms with van der Waals surface area (Å²) in [5.74, 6) is -0.897. The van der Waals surface area contributed by atoms with E-state index in [1.165, 1.54) is 17.1 Å². The van der Waals surface area contributed by atoms with Gasteiger partial charge in [0.2, 0.25) is 6.33 Å². The first-order valence-electron chi connectivity index (χ1n) is 5.58. The Kier molecular flexibility index (Phi) is 4.42. The summed E-state index contributed by atoms with van der Waals surface area (Å²) in [6.45, 7) is 1.79. The number of rotatable bonds is 5. The van der Waals surface area contributed by atoms with Crippen LogP contribution in [0.25, 0.3) is 0 Å². The summed E-state index contributed by atoms with van der Waals surface area (Å²) in [6.07, 6.45) is 1.21. The molecule has 0 aliphatic heterocycles. The summed E-state index contributed by atoms with van der Waals surface area (Å²) in [5, 5.41) is 17.9. The standard InChI is InChI=1S/C10H9BrN6O4/c1-6(4-16-5-12-10(15-16)17(19)20)13-14-9(18)7-2-3-8(11)21-7/h2-3,5H,4H2,1H3,(H,14,18). The summed E-state index contributed by atoms with van der Waals surface area (Å²) in [6, 6.07) is 3.07. The van der Waals surface area contributed by atoms with Gasteiger partial charge in [-0.1, -0.05) is 4.98 Å². The molecule has 0 aliphatic carbocycles. The van der Waals surface area contributed by atoms with Crippen molar-refractivity contribution in [2.24, 2.45) is 5.10 Å². The van der Waals surface area contributed by atoms with Crippen molar-refractivity contribution in [3.8, 4) is 0 Å². The van der Waals surface area contributed by atoms with E-state index < -0.39 is 16.8 Å². The number of amides is 1. The van der Waals surface area contributed by atoms with E-state index in [9.17, 15) is 14.9 Å². The van der Waals surface area contributed by atoms with Crippen LogP contribution in [0.2, 0.25) is 0 Å². The molecule has 0 aliphatic rings. The van der Waals surface area contributed by atoms with Gasteiger partial charge in [0.1, 0.15) is 0 Å². The topological polar surface area (TPSA) is 128 Å². The predicted molar refractivity (Wildman–Crippen MR) is 73.7 cm³/mol. The fraction of sp³-hybridized carbons (Fsp3) is 0.200. The Bertz CT molecular complexity index is 706. The quantitative estimate of drug-likeness (QED) is 0.489. The van der Waals surface area contributed by atoms with E-state index >= 15 is 0 Å². The molecule has 10 nitrogen and oxygen atoms in total. The Morgan fingerprint density at radius 3 is 2.95 bits per heavy atom. The van der Waals surface area contributed by atoms with Crippen molar-refractivity contribution < 1.29 is 14.1 Å². The molecule has 110 valence electrons. The van der Waals surface area contributed by atoms with Crippen molar-refractivity contribution in [3.05, 3.63) is 39.0 Å². The molecular weight excluding hydrogens is 348 g/mol. The molecular formula is C10H9BrN6O4. The Labute approximate surface area is 126 Å². The van der Waals surface area contributed by atoms with Crippen LogP contribution in [0.1, 0.15) is 17.5 Å². The van der Waals surface area contributed by atoms with Crippen LogP contribution in [0.3, 0.4) is 0 Å². The van der Waals surface area contributed by atoms with Crippen molar-refractivity contribution in [2.45, 2.75) is 13.5 Å². The molecule has 0 fully saturated rings. The summed E-state index contributed by atoms with van der Waals surface area (Å²) in [5.41, 5.74) is 2.78. The number of halogens is 1. The second kappa shape index (κ2) is 6.26. The number of carbonyl (C=O) groups excluding carboxylic acids is 1. The molecule has 2 heterocycles. The molecule has 1 N–H and O–H groups in total. The van der Waals surface area contributed by atoms with Gasteiger partial charge < -0.3 is 14.5 Å². The number of hydrogen-bond donors (Lipinski definition) is 1. The van der Waals surface area contributed by atoms with Gasteiger partial charge >= 0.3 is 11.9 Å². The zero-order valence-corrected chi connectivity index (χ0v) is 12.3. The van der Waals surface area contributed by atoms with Crippen molar-refractivity contribution >= 4 is 33.5 Å². The van der Waals surface area contributed by atoms with E-state index in [0.717, 1.165) is 0 Å². The maximum absolute atomic E-state index is 11.7. The van der Waals surface area contributed by atoms with Gasteiger partial charge in [0, 0.05) is 5.10 Å². The molecule has 0 bridgehead atoms. The number of nitrogens with one attached hydrogen (secondary N) is 1. The van der Waals surface area contributed by atoms with Gasteiger partial charge in [-0.05, 0) is 39.9 Å². The molecule has 21 heavy (non-hydrogen) atoms. The molecule has 2 aromatic heterocycles. The average Bonchev–Trinajstić information content (AvgIpc) is 3.05. The van der Waals surface area contributed by atoms with Crippen LogP contribution in [0.5, 0.6) is 0 Å². The number of carbonyl (C=O) groups is 1. The number of furan rings is 1. The SMILES string of the molecule is CC(Cn1cnc([N+](=O)[O-])n1)=NNC(=O)c1ccc(Br)o1. The maximum Gasteiger partial charge on any atom is 0.490 e. The lowest BCUT2D eigenvalue weighted by Gasteiger charge is -1.99. The number of nitro groups is 1. The van der Waals surface area contributed by atoms with Gasteiger partial charge in [-0.3, -0.25) is 4.79 Å². The normalized spacial score (nSPS) is 11.4. The minimum absolute atomic E-state index is 0.106. The summed E-state index contributed by atoms with van der Waals surface area (Å²) in [7, 11) is 0. The van der Waals surface area contributed by atoms with Gasteiger partial charge in [-0.2, -0.15) is 9.78 Å². The molecule has 0 atom stereocenters. The minimum Gasteiger partial charge on any atom is -0.444 e. The number of aromatic nitrogens is 3. The van der Waals surface area contributed by atoms with Crippen molar-refractivity contribution in [1.82, 2.24) is 20.2 Å². The van der Waals surface area contributed by atoms with Crippen molar-refractivity contribution in [2.75, 3.05) is 0 Å². The van der Waals surface area contributed by atoms with Crippen LogP contribution >= 0.6 is 15.9 Å². The van der Waals surface area contributed by atoms with Crippen LogP contribution in [-0.2, 0) is 6.54 Å². The highest BCUT2D eigenvalue weighted by molar-refractivity contribution is 9.10. The first-order valence-corrected chi connectivity index (χ1v) is 6.37. The van der Waals surface area contributed by atoms with Gasteiger partial charge in [-0.15, -0.1) is 0 Å². The highest BCUT2D eigenvalue weighted by Gasteiger charge is 2.14. The second-order valence-corrected chi connectivity index (χ2v) is 4.67. The maximum atomic E-state index is 11.7. The molecule has 0 saturated carbocycles. The van der Waals surface area contributed by atoms with E-state index in [-0.39, 0.29) is 12.3 Å². The smallest absolute Gasteiger partial charge is 0.444 e. The Morgan fingerprint density at radius 1 is 1.62 bits per heavy atom. The first-order chi connectivity index (χ1) is 9.95. The molecule has 2 aromatic rings. The van der Waals surface area contributed by atoms with Gasteiger partial charge in [0.05, 0.1) is 12.3 Å². The molecule has 2 rings (SSSR count). The zero-order chi connectivity index (χ0) is 15.4. The van der Waals surface area contributed by atoms with E-state index in [0.29, 0.717) is 10.4 Å². The van der Waals surface area contributed by atoms with Crippen LogP contribution in [-0.4, -0.2) is 31.3 Å². The average molecular weight is 357 g/mol. The monoisotopic (exact) mass is 356 g/mol. The second-order valence-electron chi connectivity index (χ2n) is 3.89. The van der Waals surface area contributed by atoms with Gasteiger partial charge in [0.25, 0.3) is 0 Å². The first kappa shape index (κ1) is 14.8. The molecule has 0 radical (unpaired) electrons. The third-order valence-electron chi connectivity index (χ3n) is 2.22. The predicted octanol–water partition coefficient (Wildman–Crippen LogP) is 1.35. The lowest BCUT2D eigenvalue weighted by atomic mass is 10.4. The van der Waals surface area contributed by atoms with E-state index in [4.69, 9.17) is 4.42 Å². The van der Waals surface area contributed by atoms with Crippen molar-refractivity contribution in [1.29, 1.82) is 0 Å². The lowest BCUT2D eigenvalue weighted by Crippen LogP contribution is -2.20. The molecule has 0 unspecified atom stereocenters. The highest BCUT2D eigenvalue weighted by Crippen LogP contribution is 2.13. The zero-order valence-electron chi connectivity index (χ0n) is 10.7. The largest absolute Gasteiger partial charge is 0.490 e. The third kappa shape index (κ3) is 3.95. The third-order valence-corrected chi connectivity index (χ3v) is 2.65. The summed E-state index contributed by atoms with van der Waals surface area (Å²) < 4.78 is 6.73. The number of hydrogen-bond acceptors (Lipinski definition) is 7. The van der Waals surface area contributed by atoms with E-state index in [1.807, 2.05) is 0 Å². The van der Waals surface area contributed by atoms with Crippen molar-refractivity contribution in [3.63, 3.8) is 0 Å². The van der Waals surface area contributed by atoms with Crippen LogP contribution in [0.4, 0.5) is 5.95 Å². The molecule has 0 aromatic carbocycles. The number of nitrogens with zero attached hydrogens (tertiary/aromatic N) is 5. The fourth-order valence-electron chi connectivity index (χ4n) is 1.35. The number of hydrazone groups is 1. The highest BCUT2D eigenvalue weighted by atomic mass is 79.9. The molecule has 0 spiro atoms. The van der Waals surface area contributed by atoms with Gasteiger partial charge in [0.15, 0.2) is 10.4 Å². The van der Waals surface area contributed by atoms with E-state index in [2.05, 4.69) is 36.5 Å². The van der Waals surface area contributed by atoms with Crippen LogP contribution in [0, 0.1) is 10.1 Å². The fourth-order valence-corrected chi connectivity index (χ4v) is 1.66. The molecule has 0 saturated heterocycles. The Morgan fingerprint density at radius 2 is 2.38 bits per heavy atom.